The smallest absolute Gasteiger partial charge is 0.240 e. The van der Waals surface area contributed by atoms with E-state index in [2.05, 4.69) is 15.5 Å². The van der Waals surface area contributed by atoms with E-state index in [1.165, 1.54) is 12.8 Å². The minimum atomic E-state index is -0.0563. The summed E-state index contributed by atoms with van der Waals surface area (Å²) in [6.45, 7) is 0.853. The van der Waals surface area contributed by atoms with Crippen LogP contribution in [0.4, 0.5) is 0 Å². The average molecular weight is 393 g/mol. The lowest BCUT2D eigenvalue weighted by Gasteiger charge is -2.30. The molecule has 2 aliphatic rings. The molecule has 0 unspecified atom stereocenters. The highest BCUT2D eigenvalue weighted by atomic mass is 35.5. The van der Waals surface area contributed by atoms with E-state index >= 15 is 0 Å². The van der Waals surface area contributed by atoms with Gasteiger partial charge < -0.3 is 10.1 Å². The Morgan fingerprint density at radius 3 is 2.85 bits per heavy atom. The first-order chi connectivity index (χ1) is 12.6. The van der Waals surface area contributed by atoms with Crippen LogP contribution >= 0.6 is 23.8 Å². The molecule has 2 aromatic rings. The number of amides is 1. The van der Waals surface area contributed by atoms with E-state index in [0.29, 0.717) is 34.2 Å². The van der Waals surface area contributed by atoms with Gasteiger partial charge >= 0.3 is 0 Å². The molecule has 2 atom stereocenters. The van der Waals surface area contributed by atoms with Crippen LogP contribution in [0, 0.1) is 10.7 Å². The highest BCUT2D eigenvalue weighted by Gasteiger charge is 2.36. The molecule has 1 amide bonds. The summed E-state index contributed by atoms with van der Waals surface area (Å²) in [7, 11) is 0. The van der Waals surface area contributed by atoms with E-state index in [0.717, 1.165) is 18.4 Å². The Balaban J connectivity index is 1.43. The van der Waals surface area contributed by atoms with Crippen molar-refractivity contribution in [2.24, 2.45) is 5.92 Å². The zero-order chi connectivity index (χ0) is 18.1. The van der Waals surface area contributed by atoms with E-state index in [1.807, 2.05) is 12.1 Å². The van der Waals surface area contributed by atoms with Crippen molar-refractivity contribution in [3.63, 3.8) is 0 Å². The topological polar surface area (TPSA) is 71.9 Å². The van der Waals surface area contributed by atoms with E-state index in [-0.39, 0.29) is 18.5 Å². The number of carbonyl (C=O) groups is 1. The van der Waals surface area contributed by atoms with Crippen LogP contribution in [0.1, 0.15) is 25.7 Å². The molecular formula is C18H21ClN4O2S. The third-order valence-corrected chi connectivity index (χ3v) is 5.55. The van der Waals surface area contributed by atoms with E-state index < -0.39 is 0 Å². The van der Waals surface area contributed by atoms with Crippen molar-refractivity contribution in [1.82, 2.24) is 20.1 Å². The molecule has 8 heteroatoms. The summed E-state index contributed by atoms with van der Waals surface area (Å²) < 4.78 is 7.96. The van der Waals surface area contributed by atoms with Crippen LogP contribution in [0.3, 0.4) is 0 Å². The van der Waals surface area contributed by atoms with Crippen LogP contribution in [0.2, 0.25) is 5.02 Å². The van der Waals surface area contributed by atoms with Gasteiger partial charge in [-0.3, -0.25) is 14.5 Å². The highest BCUT2D eigenvalue weighted by Crippen LogP contribution is 2.38. The van der Waals surface area contributed by atoms with Crippen LogP contribution < -0.4 is 5.32 Å². The number of ether oxygens (including phenoxy) is 1. The van der Waals surface area contributed by atoms with Crippen LogP contribution in [0.5, 0.6) is 0 Å². The van der Waals surface area contributed by atoms with Gasteiger partial charge in [0.1, 0.15) is 6.54 Å². The molecule has 1 aliphatic heterocycles. The summed E-state index contributed by atoms with van der Waals surface area (Å²) in [4.78, 5) is 12.6. The summed E-state index contributed by atoms with van der Waals surface area (Å²) in [6, 6.07) is 7.47. The van der Waals surface area contributed by atoms with Crippen molar-refractivity contribution in [2.45, 2.75) is 44.4 Å². The number of hydrogen-bond acceptors (Lipinski definition) is 4. The maximum Gasteiger partial charge on any atom is 0.240 e. The fraction of sp³-hybridized carbons (Fsp3) is 0.500. The van der Waals surface area contributed by atoms with Gasteiger partial charge in [-0.05, 0) is 68.1 Å². The molecule has 1 aliphatic carbocycles. The van der Waals surface area contributed by atoms with Gasteiger partial charge in [-0.1, -0.05) is 11.6 Å². The molecule has 1 aromatic heterocycles. The van der Waals surface area contributed by atoms with Gasteiger partial charge in [-0.2, -0.15) is 5.10 Å². The predicted molar refractivity (Wildman–Crippen MR) is 101 cm³/mol. The Labute approximate surface area is 161 Å². The van der Waals surface area contributed by atoms with Gasteiger partial charge in [-0.25, -0.2) is 0 Å². The minimum absolute atomic E-state index is 0.0563. The molecular weight excluding hydrogens is 372 g/mol. The molecule has 138 valence electrons. The molecule has 0 radical (unpaired) electrons. The van der Waals surface area contributed by atoms with Crippen molar-refractivity contribution >= 4 is 29.7 Å². The van der Waals surface area contributed by atoms with Crippen LogP contribution in [-0.2, 0) is 16.1 Å². The molecule has 26 heavy (non-hydrogen) atoms. The molecule has 1 saturated carbocycles. The number of aromatic amines is 1. The molecule has 4 rings (SSSR count). The molecule has 2 fully saturated rings. The van der Waals surface area contributed by atoms with E-state index in [4.69, 9.17) is 28.6 Å². The zero-order valence-corrected chi connectivity index (χ0v) is 15.9. The number of halogens is 1. The number of hydrogen-bond donors (Lipinski definition) is 2. The first-order valence-electron chi connectivity index (χ1n) is 8.92. The van der Waals surface area contributed by atoms with Gasteiger partial charge in [-0.15, -0.1) is 0 Å². The third kappa shape index (κ3) is 4.00. The third-order valence-electron chi connectivity index (χ3n) is 4.99. The Hall–Kier alpha value is -1.70. The summed E-state index contributed by atoms with van der Waals surface area (Å²) in [5, 5.41) is 10.8. The van der Waals surface area contributed by atoms with Crippen molar-refractivity contribution < 1.29 is 9.53 Å². The first-order valence-corrected chi connectivity index (χ1v) is 9.71. The molecule has 1 saturated heterocycles. The number of aromatic nitrogens is 3. The normalized spacial score (nSPS) is 23.0. The summed E-state index contributed by atoms with van der Waals surface area (Å²) in [5.74, 6) is 1.26. The van der Waals surface area contributed by atoms with Crippen LogP contribution in [0.15, 0.2) is 24.3 Å². The standard InChI is InChI=1S/C18H21ClN4O2S/c19-13-5-3-12(4-6-13)17-21-22-18(26)23(17)10-16(24)20-14-7-8-25-15(9-14)11-1-2-11/h3-6,11,14-15H,1-2,7-10H2,(H,20,24)(H,22,26)/t14-,15-/m0/s1. The highest BCUT2D eigenvalue weighted by molar-refractivity contribution is 7.71. The summed E-state index contributed by atoms with van der Waals surface area (Å²) in [5.41, 5.74) is 0.856. The molecule has 2 N–H and O–H groups in total. The van der Waals surface area contributed by atoms with Gasteiger partial charge in [0.05, 0.1) is 6.10 Å². The van der Waals surface area contributed by atoms with Gasteiger partial charge in [0.15, 0.2) is 10.6 Å². The second-order valence-corrected chi connectivity index (χ2v) is 7.80. The van der Waals surface area contributed by atoms with Crippen LogP contribution in [-0.4, -0.2) is 39.4 Å². The second-order valence-electron chi connectivity index (χ2n) is 6.98. The van der Waals surface area contributed by atoms with Gasteiger partial charge in [0.25, 0.3) is 0 Å². The number of benzene rings is 1. The number of carbonyl (C=O) groups excluding carboxylic acids is 1. The Kier molecular flexibility index (Phi) is 5.11. The lowest BCUT2D eigenvalue weighted by molar-refractivity contribution is -0.123. The second kappa shape index (κ2) is 7.50. The molecule has 2 heterocycles. The fourth-order valence-corrected chi connectivity index (χ4v) is 3.78. The lowest BCUT2D eigenvalue weighted by Crippen LogP contribution is -2.43. The predicted octanol–water partition coefficient (Wildman–Crippen LogP) is 3.33. The molecule has 1 aromatic carbocycles. The summed E-state index contributed by atoms with van der Waals surface area (Å²) >= 11 is 11.2. The van der Waals surface area contributed by atoms with E-state index in [1.54, 1.807) is 16.7 Å². The van der Waals surface area contributed by atoms with Crippen LogP contribution in [0.25, 0.3) is 11.4 Å². The molecule has 0 bridgehead atoms. The van der Waals surface area contributed by atoms with Crippen molar-refractivity contribution in [3.05, 3.63) is 34.1 Å². The zero-order valence-electron chi connectivity index (χ0n) is 14.3. The number of nitrogens with one attached hydrogen (secondary N) is 2. The Morgan fingerprint density at radius 1 is 1.35 bits per heavy atom. The number of rotatable bonds is 5. The summed E-state index contributed by atoms with van der Waals surface area (Å²) in [6.07, 6.45) is 4.56. The number of nitrogens with zero attached hydrogens (tertiary/aromatic N) is 2. The van der Waals surface area contributed by atoms with Gasteiger partial charge in [0.2, 0.25) is 5.91 Å². The first kappa shape index (κ1) is 17.7. The van der Waals surface area contributed by atoms with Crippen molar-refractivity contribution in [3.8, 4) is 11.4 Å². The van der Waals surface area contributed by atoms with Crippen molar-refractivity contribution in [1.29, 1.82) is 0 Å². The minimum Gasteiger partial charge on any atom is -0.378 e. The fourth-order valence-electron chi connectivity index (χ4n) is 3.46. The SMILES string of the molecule is O=C(Cn1c(-c2ccc(Cl)cc2)n[nH]c1=S)N[C@H]1CCO[C@H](C2CC2)C1. The maximum absolute atomic E-state index is 12.6. The number of H-pyrrole nitrogens is 1. The Morgan fingerprint density at radius 2 is 2.12 bits per heavy atom. The van der Waals surface area contributed by atoms with E-state index in [9.17, 15) is 4.79 Å². The molecule has 0 spiro atoms. The van der Waals surface area contributed by atoms with Crippen molar-refractivity contribution in [2.75, 3.05) is 6.61 Å². The molecule has 6 nitrogen and oxygen atoms in total. The Bertz CT molecular complexity index is 844. The maximum atomic E-state index is 12.6. The lowest BCUT2D eigenvalue weighted by atomic mass is 10.00. The van der Waals surface area contributed by atoms with Gasteiger partial charge in [0, 0.05) is 23.2 Å². The average Bonchev–Trinajstić information content (AvgIpc) is 3.42. The largest absolute Gasteiger partial charge is 0.378 e. The monoisotopic (exact) mass is 392 g/mol. The quantitative estimate of drug-likeness (QED) is 0.765.